The van der Waals surface area contributed by atoms with Crippen molar-refractivity contribution in [1.29, 1.82) is 0 Å². The van der Waals surface area contributed by atoms with Gasteiger partial charge in [0.25, 0.3) is 5.91 Å². The van der Waals surface area contributed by atoms with Gasteiger partial charge < -0.3 is 10.4 Å². The summed E-state index contributed by atoms with van der Waals surface area (Å²) in [5, 5.41) is 14.6. The molecule has 0 unspecified atom stereocenters. The molecule has 3 aromatic rings. The van der Waals surface area contributed by atoms with Gasteiger partial charge in [-0.15, -0.1) is 0 Å². The predicted molar refractivity (Wildman–Crippen MR) is 122 cm³/mol. The van der Waals surface area contributed by atoms with Crippen LogP contribution in [0.1, 0.15) is 34.7 Å². The van der Waals surface area contributed by atoms with Gasteiger partial charge in [0.1, 0.15) is 6.54 Å². The third-order valence-corrected chi connectivity index (χ3v) is 5.88. The number of rotatable bonds is 5. The molecule has 0 aromatic heterocycles. The lowest BCUT2D eigenvalue weighted by Crippen LogP contribution is -2.44. The first-order valence-electron chi connectivity index (χ1n) is 10.5. The Kier molecular flexibility index (Phi) is 5.38. The maximum atomic E-state index is 13.5. The van der Waals surface area contributed by atoms with Crippen molar-refractivity contribution in [2.45, 2.75) is 32.8 Å². The minimum Gasteiger partial charge on any atom is -0.372 e. The van der Waals surface area contributed by atoms with Crippen LogP contribution in [-0.2, 0) is 21.6 Å². The van der Waals surface area contributed by atoms with Gasteiger partial charge in [0.15, 0.2) is 5.60 Å². The lowest BCUT2D eigenvalue weighted by atomic mass is 9.87. The number of aryl methyl sites for hydroxylation is 3. The Hall–Kier alpha value is -3.44. The van der Waals surface area contributed by atoms with Crippen molar-refractivity contribution in [3.8, 4) is 0 Å². The monoisotopic (exact) mass is 414 g/mol. The van der Waals surface area contributed by atoms with E-state index >= 15 is 0 Å². The molecule has 1 heterocycles. The molecule has 1 atom stereocenters. The summed E-state index contributed by atoms with van der Waals surface area (Å²) in [6.45, 7) is 5.71. The molecule has 0 bridgehead atoms. The fraction of sp³-hybridized carbons (Fsp3) is 0.231. The summed E-state index contributed by atoms with van der Waals surface area (Å²) in [6.07, 6.45) is 0.788. The smallest absolute Gasteiger partial charge is 0.268 e. The molecule has 3 aromatic carbocycles. The van der Waals surface area contributed by atoms with E-state index in [1.807, 2.05) is 51.1 Å². The minimum absolute atomic E-state index is 0.179. The topological polar surface area (TPSA) is 69.6 Å². The van der Waals surface area contributed by atoms with E-state index in [0.717, 1.165) is 28.8 Å². The van der Waals surface area contributed by atoms with Crippen molar-refractivity contribution in [3.05, 3.63) is 94.5 Å². The average Bonchev–Trinajstić information content (AvgIpc) is 2.98. The van der Waals surface area contributed by atoms with Crippen molar-refractivity contribution in [3.63, 3.8) is 0 Å². The normalized spacial score (nSPS) is 17.5. The molecule has 0 saturated heterocycles. The number of hydrogen-bond acceptors (Lipinski definition) is 3. The van der Waals surface area contributed by atoms with Crippen LogP contribution in [0, 0.1) is 13.8 Å². The van der Waals surface area contributed by atoms with Gasteiger partial charge in [-0.3, -0.25) is 14.5 Å². The number of nitrogens with zero attached hydrogens (tertiary/aromatic N) is 1. The van der Waals surface area contributed by atoms with Gasteiger partial charge in [-0.2, -0.15) is 0 Å². The molecule has 1 aliphatic rings. The molecule has 5 heteroatoms. The summed E-state index contributed by atoms with van der Waals surface area (Å²) in [5.74, 6) is -0.824. The van der Waals surface area contributed by atoms with E-state index in [0.29, 0.717) is 16.8 Å². The largest absolute Gasteiger partial charge is 0.372 e. The lowest BCUT2D eigenvalue weighted by molar-refractivity contribution is -0.133. The second kappa shape index (κ2) is 8.00. The molecule has 0 spiro atoms. The summed E-state index contributed by atoms with van der Waals surface area (Å²) < 4.78 is 0. The van der Waals surface area contributed by atoms with E-state index < -0.39 is 11.5 Å². The number of amides is 2. The molecule has 0 aliphatic carbocycles. The summed E-state index contributed by atoms with van der Waals surface area (Å²) in [4.78, 5) is 27.8. The van der Waals surface area contributed by atoms with Gasteiger partial charge in [0.05, 0.1) is 5.69 Å². The van der Waals surface area contributed by atoms with Crippen LogP contribution in [0.4, 0.5) is 11.4 Å². The molecular formula is C26H26N2O3. The van der Waals surface area contributed by atoms with Crippen LogP contribution in [0.2, 0.25) is 0 Å². The third-order valence-electron chi connectivity index (χ3n) is 5.88. The van der Waals surface area contributed by atoms with Gasteiger partial charge >= 0.3 is 0 Å². The van der Waals surface area contributed by atoms with Crippen molar-refractivity contribution < 1.29 is 14.7 Å². The number of fused-ring (bicyclic) bond motifs is 1. The van der Waals surface area contributed by atoms with Crippen LogP contribution >= 0.6 is 0 Å². The Bertz CT molecular complexity index is 1170. The predicted octanol–water partition coefficient (Wildman–Crippen LogP) is 4.09. The highest BCUT2D eigenvalue weighted by atomic mass is 16.3. The van der Waals surface area contributed by atoms with Gasteiger partial charge in [-0.1, -0.05) is 73.2 Å². The molecule has 5 nitrogen and oxygen atoms in total. The number of carbonyl (C=O) groups is 2. The molecule has 1 aliphatic heterocycles. The quantitative estimate of drug-likeness (QED) is 0.661. The Morgan fingerprint density at radius 3 is 2.52 bits per heavy atom. The second-order valence-electron chi connectivity index (χ2n) is 8.00. The van der Waals surface area contributed by atoms with Crippen molar-refractivity contribution >= 4 is 23.2 Å². The van der Waals surface area contributed by atoms with Crippen LogP contribution in [0.5, 0.6) is 0 Å². The van der Waals surface area contributed by atoms with Crippen LogP contribution < -0.4 is 10.2 Å². The Balaban J connectivity index is 1.67. The van der Waals surface area contributed by atoms with E-state index in [1.165, 1.54) is 4.90 Å². The van der Waals surface area contributed by atoms with E-state index in [-0.39, 0.29) is 12.5 Å². The number of hydrogen-bond donors (Lipinski definition) is 2. The highest BCUT2D eigenvalue weighted by Crippen LogP contribution is 2.44. The molecule has 2 amide bonds. The molecular weight excluding hydrogens is 388 g/mol. The number of para-hydroxylation sites is 2. The highest BCUT2D eigenvalue weighted by molar-refractivity contribution is 6.12. The number of nitrogens with one attached hydrogen (secondary N) is 1. The van der Waals surface area contributed by atoms with Crippen LogP contribution in [0.25, 0.3) is 0 Å². The first-order valence-corrected chi connectivity index (χ1v) is 10.5. The van der Waals surface area contributed by atoms with Crippen molar-refractivity contribution in [2.24, 2.45) is 0 Å². The van der Waals surface area contributed by atoms with Crippen molar-refractivity contribution in [1.82, 2.24) is 0 Å². The average molecular weight is 415 g/mol. The van der Waals surface area contributed by atoms with Gasteiger partial charge in [-0.25, -0.2) is 0 Å². The zero-order valence-corrected chi connectivity index (χ0v) is 18.0. The molecule has 158 valence electrons. The zero-order chi connectivity index (χ0) is 22.2. The highest BCUT2D eigenvalue weighted by Gasteiger charge is 2.51. The molecule has 0 radical (unpaired) electrons. The van der Waals surface area contributed by atoms with Crippen LogP contribution in [-0.4, -0.2) is 23.5 Å². The summed E-state index contributed by atoms with van der Waals surface area (Å²) in [6, 6.07) is 20.3. The minimum atomic E-state index is -1.82. The third kappa shape index (κ3) is 3.51. The first kappa shape index (κ1) is 20.8. The van der Waals surface area contributed by atoms with Gasteiger partial charge in [0, 0.05) is 11.3 Å². The Labute approximate surface area is 182 Å². The maximum absolute atomic E-state index is 13.5. The SMILES string of the molecule is CCc1cccc(C)c1NC(=O)CN1C(=O)[C@@](O)(c2cccc(C)c2)c2ccccc21. The van der Waals surface area contributed by atoms with Crippen molar-refractivity contribution in [2.75, 3.05) is 16.8 Å². The van der Waals surface area contributed by atoms with E-state index in [2.05, 4.69) is 5.32 Å². The zero-order valence-electron chi connectivity index (χ0n) is 18.0. The lowest BCUT2D eigenvalue weighted by Gasteiger charge is -2.24. The number of anilines is 2. The summed E-state index contributed by atoms with van der Waals surface area (Å²) >= 11 is 0. The fourth-order valence-electron chi connectivity index (χ4n) is 4.27. The van der Waals surface area contributed by atoms with Gasteiger partial charge in [0.2, 0.25) is 5.91 Å². The Morgan fingerprint density at radius 2 is 1.77 bits per heavy atom. The molecule has 0 fully saturated rings. The number of benzene rings is 3. The molecule has 31 heavy (non-hydrogen) atoms. The van der Waals surface area contributed by atoms with Crippen LogP contribution in [0.3, 0.4) is 0 Å². The number of aliphatic hydroxyl groups is 1. The maximum Gasteiger partial charge on any atom is 0.268 e. The standard InChI is InChI=1S/C26H26N2O3/c1-4-19-11-8-10-18(3)24(19)27-23(29)16-28-22-14-6-5-13-21(22)26(31,25(28)30)20-12-7-9-17(2)15-20/h5-15,31H,4,16H2,1-3H3,(H,27,29)/t26-/m1/s1. The molecule has 4 rings (SSSR count). The van der Waals surface area contributed by atoms with Crippen LogP contribution in [0.15, 0.2) is 66.7 Å². The van der Waals surface area contributed by atoms with E-state index in [4.69, 9.17) is 0 Å². The first-order chi connectivity index (χ1) is 14.9. The fourth-order valence-corrected chi connectivity index (χ4v) is 4.27. The van der Waals surface area contributed by atoms with E-state index in [1.54, 1.807) is 36.4 Å². The summed E-state index contributed by atoms with van der Waals surface area (Å²) in [5.41, 5.74) is 3.45. The van der Waals surface area contributed by atoms with E-state index in [9.17, 15) is 14.7 Å². The second-order valence-corrected chi connectivity index (χ2v) is 8.00. The summed E-state index contributed by atoms with van der Waals surface area (Å²) in [7, 11) is 0. The number of carbonyl (C=O) groups excluding carboxylic acids is 2. The van der Waals surface area contributed by atoms with Gasteiger partial charge in [-0.05, 0) is 43.0 Å². The molecule has 0 saturated carbocycles. The Morgan fingerprint density at radius 1 is 1.03 bits per heavy atom. The molecule has 2 N–H and O–H groups in total.